The number of hydrogen-bond donors (Lipinski definition) is 2. The van der Waals surface area contributed by atoms with Gasteiger partial charge in [-0.15, -0.1) is 0 Å². The number of hydrogen-bond acceptors (Lipinski definition) is 3. The molecule has 1 atom stereocenters. The first-order valence-electron chi connectivity index (χ1n) is 5.89. The Labute approximate surface area is 113 Å². The van der Waals surface area contributed by atoms with Gasteiger partial charge in [-0.1, -0.05) is 0 Å². The molecule has 2 rings (SSSR count). The summed E-state index contributed by atoms with van der Waals surface area (Å²) in [6.45, 7) is 1.95. The molecule has 1 saturated carbocycles. The van der Waals surface area contributed by atoms with Crippen molar-refractivity contribution in [3.63, 3.8) is 0 Å². The minimum absolute atomic E-state index is 0.0335. The lowest BCUT2D eigenvalue weighted by Gasteiger charge is -2.12. The monoisotopic (exact) mass is 314 g/mol. The molecule has 0 aromatic carbocycles. The molecule has 98 valence electrons. The van der Waals surface area contributed by atoms with Gasteiger partial charge < -0.3 is 15.1 Å². The van der Waals surface area contributed by atoms with Gasteiger partial charge in [0.05, 0.1) is 6.54 Å². The fourth-order valence-electron chi connectivity index (χ4n) is 1.70. The molecule has 5 nitrogen and oxygen atoms in total. The smallest absolute Gasteiger partial charge is 0.287 e. The Hall–Kier alpha value is -1.30. The number of carbonyl (C=O) groups excluding carboxylic acids is 2. The molecule has 1 fully saturated rings. The van der Waals surface area contributed by atoms with E-state index in [9.17, 15) is 9.59 Å². The van der Waals surface area contributed by atoms with E-state index in [0.29, 0.717) is 10.6 Å². The molecule has 1 heterocycles. The van der Waals surface area contributed by atoms with Crippen LogP contribution in [0.5, 0.6) is 0 Å². The first-order chi connectivity index (χ1) is 8.56. The van der Waals surface area contributed by atoms with Crippen LogP contribution in [0.3, 0.4) is 0 Å². The highest BCUT2D eigenvalue weighted by molar-refractivity contribution is 9.10. The average molecular weight is 315 g/mol. The minimum atomic E-state index is -0.394. The number of rotatable bonds is 5. The number of nitrogens with one attached hydrogen (secondary N) is 2. The van der Waals surface area contributed by atoms with Crippen molar-refractivity contribution in [2.45, 2.75) is 25.8 Å². The van der Waals surface area contributed by atoms with Crippen LogP contribution in [0.25, 0.3) is 0 Å². The normalized spacial score (nSPS) is 16.1. The highest BCUT2D eigenvalue weighted by atomic mass is 79.9. The SMILES string of the molecule is CC(NC(=O)CNC(=O)c1ccc(Br)o1)C1CC1. The fourth-order valence-corrected chi connectivity index (χ4v) is 2.01. The van der Waals surface area contributed by atoms with Crippen LogP contribution in [0.15, 0.2) is 21.2 Å². The molecule has 0 spiro atoms. The van der Waals surface area contributed by atoms with Crippen LogP contribution in [0.4, 0.5) is 0 Å². The molecule has 1 aromatic heterocycles. The summed E-state index contributed by atoms with van der Waals surface area (Å²) in [7, 11) is 0. The second kappa shape index (κ2) is 5.56. The third-order valence-corrected chi connectivity index (χ3v) is 3.35. The average Bonchev–Trinajstić information content (AvgIpc) is 3.09. The summed E-state index contributed by atoms with van der Waals surface area (Å²) < 4.78 is 5.57. The van der Waals surface area contributed by atoms with Crippen molar-refractivity contribution in [3.8, 4) is 0 Å². The molecule has 1 unspecified atom stereocenters. The van der Waals surface area contributed by atoms with Crippen LogP contribution in [0, 0.1) is 5.92 Å². The van der Waals surface area contributed by atoms with Gasteiger partial charge in [-0.05, 0) is 53.7 Å². The number of amides is 2. The second-order valence-electron chi connectivity index (χ2n) is 4.48. The predicted molar refractivity (Wildman–Crippen MR) is 69.1 cm³/mol. The Morgan fingerprint density at radius 3 is 2.78 bits per heavy atom. The van der Waals surface area contributed by atoms with Gasteiger partial charge in [0, 0.05) is 6.04 Å². The first kappa shape index (κ1) is 13.1. The molecule has 1 aromatic rings. The van der Waals surface area contributed by atoms with Crippen molar-refractivity contribution in [1.29, 1.82) is 0 Å². The van der Waals surface area contributed by atoms with Crippen LogP contribution in [-0.4, -0.2) is 24.4 Å². The zero-order valence-corrected chi connectivity index (χ0v) is 11.6. The van der Waals surface area contributed by atoms with Gasteiger partial charge in [-0.2, -0.15) is 0 Å². The Morgan fingerprint density at radius 1 is 1.50 bits per heavy atom. The van der Waals surface area contributed by atoms with E-state index in [2.05, 4.69) is 26.6 Å². The quantitative estimate of drug-likeness (QED) is 0.868. The summed E-state index contributed by atoms with van der Waals surface area (Å²) in [5.74, 6) is 0.221. The van der Waals surface area contributed by atoms with Gasteiger partial charge in [0.15, 0.2) is 10.4 Å². The van der Waals surface area contributed by atoms with Crippen LogP contribution < -0.4 is 10.6 Å². The van der Waals surface area contributed by atoms with Crippen LogP contribution >= 0.6 is 15.9 Å². The van der Waals surface area contributed by atoms with Gasteiger partial charge in [-0.25, -0.2) is 0 Å². The molecule has 0 saturated heterocycles. The lowest BCUT2D eigenvalue weighted by molar-refractivity contribution is -0.120. The van der Waals surface area contributed by atoms with Crippen molar-refractivity contribution in [2.75, 3.05) is 6.54 Å². The minimum Gasteiger partial charge on any atom is -0.444 e. The van der Waals surface area contributed by atoms with E-state index < -0.39 is 5.91 Å². The molecule has 1 aliphatic carbocycles. The van der Waals surface area contributed by atoms with Gasteiger partial charge >= 0.3 is 0 Å². The molecule has 1 aliphatic rings. The maximum atomic E-state index is 11.6. The van der Waals surface area contributed by atoms with E-state index in [1.807, 2.05) is 6.92 Å². The van der Waals surface area contributed by atoms with E-state index >= 15 is 0 Å². The summed E-state index contributed by atoms with van der Waals surface area (Å²) in [6.07, 6.45) is 2.35. The highest BCUT2D eigenvalue weighted by Gasteiger charge is 2.28. The molecule has 2 N–H and O–H groups in total. The van der Waals surface area contributed by atoms with Crippen molar-refractivity contribution >= 4 is 27.7 Å². The van der Waals surface area contributed by atoms with E-state index in [0.717, 1.165) is 0 Å². The highest BCUT2D eigenvalue weighted by Crippen LogP contribution is 2.32. The summed E-state index contributed by atoms with van der Waals surface area (Å²) in [4.78, 5) is 23.1. The zero-order valence-electron chi connectivity index (χ0n) is 10.0. The molecule has 6 heteroatoms. The van der Waals surface area contributed by atoms with E-state index in [1.54, 1.807) is 12.1 Å². The van der Waals surface area contributed by atoms with E-state index in [1.165, 1.54) is 12.8 Å². The maximum Gasteiger partial charge on any atom is 0.287 e. The van der Waals surface area contributed by atoms with Gasteiger partial charge in [0.25, 0.3) is 5.91 Å². The van der Waals surface area contributed by atoms with Gasteiger partial charge in [-0.3, -0.25) is 9.59 Å². The third kappa shape index (κ3) is 3.60. The van der Waals surface area contributed by atoms with Crippen LogP contribution in [-0.2, 0) is 4.79 Å². The number of carbonyl (C=O) groups is 2. The topological polar surface area (TPSA) is 71.3 Å². The summed E-state index contributed by atoms with van der Waals surface area (Å²) >= 11 is 3.11. The van der Waals surface area contributed by atoms with Crippen molar-refractivity contribution in [3.05, 3.63) is 22.6 Å². The predicted octanol–water partition coefficient (Wildman–Crippen LogP) is 1.69. The van der Waals surface area contributed by atoms with Gasteiger partial charge in [0.2, 0.25) is 5.91 Å². The maximum absolute atomic E-state index is 11.6. The summed E-state index contributed by atoms with van der Waals surface area (Å²) in [5, 5.41) is 5.37. The van der Waals surface area contributed by atoms with Crippen LogP contribution in [0.1, 0.15) is 30.3 Å². The molecule has 2 amide bonds. The lowest BCUT2D eigenvalue weighted by atomic mass is 10.2. The van der Waals surface area contributed by atoms with Crippen LogP contribution in [0.2, 0.25) is 0 Å². The Balaban J connectivity index is 1.73. The standard InChI is InChI=1S/C12H15BrN2O3/c1-7(8-2-3-8)15-11(16)6-14-12(17)9-4-5-10(13)18-9/h4-5,7-8H,2-3,6H2,1H3,(H,14,17)(H,15,16). The Kier molecular flexibility index (Phi) is 4.06. The number of furan rings is 1. The lowest BCUT2D eigenvalue weighted by Crippen LogP contribution is -2.41. The van der Waals surface area contributed by atoms with Crippen molar-refractivity contribution < 1.29 is 14.0 Å². The summed E-state index contributed by atoms with van der Waals surface area (Å²) in [6, 6.07) is 3.36. The Bertz CT molecular complexity index is 454. The molecular weight excluding hydrogens is 300 g/mol. The molecule has 0 bridgehead atoms. The summed E-state index contributed by atoms with van der Waals surface area (Å²) in [5.41, 5.74) is 0. The zero-order chi connectivity index (χ0) is 13.1. The molecular formula is C12H15BrN2O3. The largest absolute Gasteiger partial charge is 0.444 e. The third-order valence-electron chi connectivity index (χ3n) is 2.92. The number of halogens is 1. The van der Waals surface area contributed by atoms with E-state index in [4.69, 9.17) is 4.42 Å². The molecule has 18 heavy (non-hydrogen) atoms. The Morgan fingerprint density at radius 2 is 2.22 bits per heavy atom. The van der Waals surface area contributed by atoms with Crippen molar-refractivity contribution in [1.82, 2.24) is 10.6 Å². The van der Waals surface area contributed by atoms with Crippen molar-refractivity contribution in [2.24, 2.45) is 5.92 Å². The molecule has 0 radical (unpaired) electrons. The van der Waals surface area contributed by atoms with E-state index in [-0.39, 0.29) is 24.3 Å². The second-order valence-corrected chi connectivity index (χ2v) is 5.26. The molecule has 0 aliphatic heterocycles. The first-order valence-corrected chi connectivity index (χ1v) is 6.68. The van der Waals surface area contributed by atoms with Gasteiger partial charge in [0.1, 0.15) is 0 Å². The fraction of sp³-hybridized carbons (Fsp3) is 0.500.